The fourth-order valence-corrected chi connectivity index (χ4v) is 2.59. The Morgan fingerprint density at radius 3 is 1.80 bits per heavy atom. The highest BCUT2D eigenvalue weighted by Crippen LogP contribution is 2.03. The van der Waals surface area contributed by atoms with E-state index in [0.29, 0.717) is 5.75 Å². The van der Waals surface area contributed by atoms with Gasteiger partial charge in [0.15, 0.2) is 0 Å². The molecule has 0 aromatic carbocycles. The molecule has 0 heterocycles. The van der Waals surface area contributed by atoms with E-state index < -0.39 is 67.0 Å². The Bertz CT molecular complexity index is 620. The summed E-state index contributed by atoms with van der Waals surface area (Å²) in [4.78, 5) is 58.2. The zero-order chi connectivity index (χ0) is 23.3. The van der Waals surface area contributed by atoms with Gasteiger partial charge in [0.25, 0.3) is 0 Å². The molecular formula is C16H28N4O9S. The van der Waals surface area contributed by atoms with Crippen LogP contribution in [0.5, 0.6) is 0 Å². The normalized spacial score (nSPS) is 14.7. The van der Waals surface area contributed by atoms with Crippen molar-refractivity contribution in [3.05, 3.63) is 0 Å². The Kier molecular flexibility index (Phi) is 13.4. The molecule has 0 aromatic rings. The number of amides is 3. The van der Waals surface area contributed by atoms with Gasteiger partial charge in [0.2, 0.25) is 17.7 Å². The maximum Gasteiger partial charge on any atom is 0.328 e. The maximum atomic E-state index is 12.4. The highest BCUT2D eigenvalue weighted by Gasteiger charge is 2.29. The van der Waals surface area contributed by atoms with Crippen molar-refractivity contribution in [1.29, 1.82) is 0 Å². The summed E-state index contributed by atoms with van der Waals surface area (Å²) in [6.45, 7) is -1.68. The number of carboxylic acids is 2. The van der Waals surface area contributed by atoms with E-state index in [2.05, 4.69) is 16.0 Å². The first kappa shape index (κ1) is 27.6. The molecule has 0 aliphatic rings. The largest absolute Gasteiger partial charge is 0.481 e. The molecule has 0 saturated carbocycles. The van der Waals surface area contributed by atoms with Gasteiger partial charge in [-0.25, -0.2) is 4.79 Å². The summed E-state index contributed by atoms with van der Waals surface area (Å²) in [5.74, 6) is -4.84. The van der Waals surface area contributed by atoms with Gasteiger partial charge < -0.3 is 42.1 Å². The summed E-state index contributed by atoms with van der Waals surface area (Å²) in [7, 11) is 0. The first-order chi connectivity index (χ1) is 14.1. The van der Waals surface area contributed by atoms with Gasteiger partial charge in [-0.05, 0) is 24.9 Å². The quantitative estimate of drug-likeness (QED) is 0.121. The van der Waals surface area contributed by atoms with Crippen LogP contribution in [0.15, 0.2) is 0 Å². The smallest absolute Gasteiger partial charge is 0.328 e. The summed E-state index contributed by atoms with van der Waals surface area (Å²) >= 11 is 1.36. The predicted molar refractivity (Wildman–Crippen MR) is 105 cm³/mol. The number of carbonyl (C=O) groups excluding carboxylic acids is 3. The van der Waals surface area contributed by atoms with Crippen LogP contribution in [0.3, 0.4) is 0 Å². The minimum atomic E-state index is -1.56. The van der Waals surface area contributed by atoms with Gasteiger partial charge in [0.05, 0.1) is 19.3 Å². The van der Waals surface area contributed by atoms with E-state index in [9.17, 15) is 29.1 Å². The van der Waals surface area contributed by atoms with E-state index >= 15 is 0 Å². The Morgan fingerprint density at radius 1 is 0.833 bits per heavy atom. The molecule has 0 radical (unpaired) electrons. The zero-order valence-electron chi connectivity index (χ0n) is 16.4. The van der Waals surface area contributed by atoms with Gasteiger partial charge in [-0.3, -0.25) is 19.2 Å². The average molecular weight is 452 g/mol. The first-order valence-electron chi connectivity index (χ1n) is 8.89. The average Bonchev–Trinajstić information content (AvgIpc) is 2.70. The number of nitrogens with two attached hydrogens (primary N) is 1. The predicted octanol–water partition coefficient (Wildman–Crippen LogP) is -3.54. The fourth-order valence-electron chi connectivity index (χ4n) is 2.12. The van der Waals surface area contributed by atoms with Crippen LogP contribution in [-0.4, -0.2) is 99.5 Å². The van der Waals surface area contributed by atoms with E-state index in [-0.39, 0.29) is 19.3 Å². The zero-order valence-corrected chi connectivity index (χ0v) is 17.2. The van der Waals surface area contributed by atoms with E-state index in [1.54, 1.807) is 6.26 Å². The van der Waals surface area contributed by atoms with Crippen LogP contribution in [0.1, 0.15) is 19.3 Å². The van der Waals surface area contributed by atoms with Crippen LogP contribution in [0.25, 0.3) is 0 Å². The van der Waals surface area contributed by atoms with Crippen LogP contribution in [0, 0.1) is 0 Å². The van der Waals surface area contributed by atoms with Gasteiger partial charge >= 0.3 is 11.9 Å². The summed E-state index contributed by atoms with van der Waals surface area (Å²) in [6.07, 6.45) is 1.31. The van der Waals surface area contributed by atoms with E-state index in [4.69, 9.17) is 21.1 Å². The lowest BCUT2D eigenvalue weighted by molar-refractivity contribution is -0.143. The molecule has 0 aliphatic carbocycles. The minimum absolute atomic E-state index is 0.112. The van der Waals surface area contributed by atoms with Gasteiger partial charge in [-0.15, -0.1) is 0 Å². The van der Waals surface area contributed by atoms with E-state index in [0.717, 1.165) is 0 Å². The number of rotatable bonds is 15. The molecule has 0 bridgehead atoms. The molecule has 0 saturated heterocycles. The van der Waals surface area contributed by atoms with Crippen LogP contribution < -0.4 is 21.7 Å². The van der Waals surface area contributed by atoms with Crippen LogP contribution >= 0.6 is 11.8 Å². The second-order valence-corrected chi connectivity index (χ2v) is 7.19. The van der Waals surface area contributed by atoms with Crippen molar-refractivity contribution < 1.29 is 44.4 Å². The lowest BCUT2D eigenvalue weighted by atomic mass is 10.1. The summed E-state index contributed by atoms with van der Waals surface area (Å²) in [5, 5.41) is 42.5. The van der Waals surface area contributed by atoms with E-state index in [1.165, 1.54) is 11.8 Å². The molecule has 172 valence electrons. The summed E-state index contributed by atoms with van der Waals surface area (Å²) < 4.78 is 0. The summed E-state index contributed by atoms with van der Waals surface area (Å²) in [6, 6.07) is -5.44. The molecule has 3 amide bonds. The Balaban J connectivity index is 5.07. The topological polar surface area (TPSA) is 228 Å². The molecule has 0 spiro atoms. The third-order valence-electron chi connectivity index (χ3n) is 3.86. The van der Waals surface area contributed by atoms with Crippen molar-refractivity contribution in [2.24, 2.45) is 5.73 Å². The first-order valence-corrected chi connectivity index (χ1v) is 10.3. The van der Waals surface area contributed by atoms with Gasteiger partial charge in [0, 0.05) is 6.42 Å². The molecule has 4 atom stereocenters. The van der Waals surface area contributed by atoms with Crippen molar-refractivity contribution in [3.8, 4) is 0 Å². The lowest BCUT2D eigenvalue weighted by Crippen LogP contribution is -2.58. The molecule has 14 heteroatoms. The number of thioether (sulfide) groups is 1. The van der Waals surface area contributed by atoms with Crippen molar-refractivity contribution in [2.75, 3.05) is 25.2 Å². The molecule has 9 N–H and O–H groups in total. The van der Waals surface area contributed by atoms with Crippen molar-refractivity contribution in [1.82, 2.24) is 16.0 Å². The number of nitrogens with one attached hydrogen (secondary N) is 3. The third kappa shape index (κ3) is 10.4. The lowest BCUT2D eigenvalue weighted by Gasteiger charge is -2.24. The number of hydrogen-bond acceptors (Lipinski definition) is 9. The number of aliphatic hydroxyl groups is 2. The number of carboxylic acid groups (broad SMARTS) is 2. The molecule has 0 aliphatic heterocycles. The minimum Gasteiger partial charge on any atom is -0.481 e. The van der Waals surface area contributed by atoms with Gasteiger partial charge in [-0.2, -0.15) is 11.8 Å². The second-order valence-electron chi connectivity index (χ2n) is 6.21. The van der Waals surface area contributed by atoms with Crippen LogP contribution in [0.4, 0.5) is 0 Å². The number of carbonyl (C=O) groups is 5. The molecular weight excluding hydrogens is 424 g/mol. The van der Waals surface area contributed by atoms with Gasteiger partial charge in [0.1, 0.15) is 18.1 Å². The molecule has 13 nitrogen and oxygen atoms in total. The third-order valence-corrected chi connectivity index (χ3v) is 4.51. The highest BCUT2D eigenvalue weighted by molar-refractivity contribution is 7.98. The molecule has 0 aromatic heterocycles. The number of hydrogen-bond donors (Lipinski definition) is 8. The fraction of sp³-hybridized carbons (Fsp3) is 0.688. The number of aliphatic carboxylic acids is 2. The molecule has 30 heavy (non-hydrogen) atoms. The van der Waals surface area contributed by atoms with Crippen molar-refractivity contribution in [3.63, 3.8) is 0 Å². The van der Waals surface area contributed by atoms with E-state index in [1.807, 2.05) is 0 Å². The maximum absolute atomic E-state index is 12.4. The van der Waals surface area contributed by atoms with Crippen LogP contribution in [0.2, 0.25) is 0 Å². The molecule has 0 rings (SSSR count). The van der Waals surface area contributed by atoms with Crippen molar-refractivity contribution >= 4 is 41.4 Å². The highest BCUT2D eigenvalue weighted by atomic mass is 32.2. The SMILES string of the molecule is CSCCC(NC(=O)C(CO)NC(=O)C(N)CCC(=O)O)C(=O)NC(CO)C(=O)O. The van der Waals surface area contributed by atoms with Gasteiger partial charge in [-0.1, -0.05) is 0 Å². The second kappa shape index (κ2) is 14.5. The number of aliphatic hydroxyl groups excluding tert-OH is 2. The monoisotopic (exact) mass is 452 g/mol. The standard InChI is InChI=1S/C16H28N4O9S/c1-30-5-4-9(14(26)20-11(7-22)16(28)29)18-15(27)10(6-21)19-13(25)8(17)2-3-12(23)24/h8-11,21-22H,2-7,17H2,1H3,(H,18,27)(H,19,25)(H,20,26)(H,23,24)(H,28,29). The summed E-state index contributed by atoms with van der Waals surface area (Å²) in [5.41, 5.74) is 5.55. The molecule has 4 unspecified atom stereocenters. The van der Waals surface area contributed by atoms with Crippen molar-refractivity contribution in [2.45, 2.75) is 43.4 Å². The Morgan fingerprint density at radius 2 is 1.33 bits per heavy atom. The Labute approximate surface area is 176 Å². The van der Waals surface area contributed by atoms with Crippen LogP contribution in [-0.2, 0) is 24.0 Å². The Hall–Kier alpha value is -2.42. The molecule has 0 fully saturated rings.